The third kappa shape index (κ3) is 4.04. The van der Waals surface area contributed by atoms with E-state index in [-0.39, 0.29) is 5.91 Å². The SMILES string of the molecule is Cc1ccc(C(=O)N[n+]2ccc(Cc3ccccc3)cc2)cc1. The number of aromatic nitrogens is 1. The Morgan fingerprint density at radius 1 is 0.870 bits per heavy atom. The van der Waals surface area contributed by atoms with Gasteiger partial charge >= 0.3 is 5.91 Å². The van der Waals surface area contributed by atoms with E-state index in [0.717, 1.165) is 12.0 Å². The molecule has 1 N–H and O–H groups in total. The largest absolute Gasteiger partial charge is 0.305 e. The van der Waals surface area contributed by atoms with Crippen LogP contribution in [0.4, 0.5) is 0 Å². The zero-order chi connectivity index (χ0) is 16.1. The third-order valence-electron chi connectivity index (χ3n) is 3.69. The van der Waals surface area contributed by atoms with Crippen LogP contribution < -0.4 is 10.1 Å². The van der Waals surface area contributed by atoms with Gasteiger partial charge in [-0.3, -0.25) is 4.79 Å². The summed E-state index contributed by atoms with van der Waals surface area (Å²) in [6, 6.07) is 21.9. The Morgan fingerprint density at radius 2 is 1.48 bits per heavy atom. The van der Waals surface area contributed by atoms with Gasteiger partial charge in [0, 0.05) is 17.7 Å². The van der Waals surface area contributed by atoms with E-state index in [1.807, 2.05) is 73.9 Å². The van der Waals surface area contributed by atoms with E-state index < -0.39 is 0 Å². The first-order valence-corrected chi connectivity index (χ1v) is 7.63. The van der Waals surface area contributed by atoms with E-state index in [9.17, 15) is 4.79 Å². The predicted octanol–water partition coefficient (Wildman–Crippen LogP) is 3.26. The number of hydrogen-bond acceptors (Lipinski definition) is 1. The Labute approximate surface area is 136 Å². The Hall–Kier alpha value is -2.94. The summed E-state index contributed by atoms with van der Waals surface area (Å²) in [4.78, 5) is 12.2. The molecule has 0 radical (unpaired) electrons. The number of aryl methyl sites for hydroxylation is 1. The van der Waals surface area contributed by atoms with Crippen LogP contribution in [0.25, 0.3) is 0 Å². The second-order valence-corrected chi connectivity index (χ2v) is 5.58. The molecule has 0 fully saturated rings. The van der Waals surface area contributed by atoms with E-state index in [0.29, 0.717) is 5.56 Å². The fourth-order valence-electron chi connectivity index (χ4n) is 2.37. The number of carbonyl (C=O) groups excluding carboxylic acids is 1. The normalized spacial score (nSPS) is 10.3. The molecule has 0 spiro atoms. The van der Waals surface area contributed by atoms with E-state index in [1.165, 1.54) is 11.1 Å². The molecule has 0 aliphatic carbocycles. The number of benzene rings is 2. The average Bonchev–Trinajstić information content (AvgIpc) is 2.58. The summed E-state index contributed by atoms with van der Waals surface area (Å²) in [6.07, 6.45) is 4.61. The molecule has 0 unspecified atom stereocenters. The van der Waals surface area contributed by atoms with Crippen molar-refractivity contribution in [2.24, 2.45) is 0 Å². The van der Waals surface area contributed by atoms with Crippen molar-refractivity contribution in [1.29, 1.82) is 0 Å². The summed E-state index contributed by atoms with van der Waals surface area (Å²) in [5, 5.41) is 0. The second-order valence-electron chi connectivity index (χ2n) is 5.58. The molecule has 0 saturated heterocycles. The Bertz CT molecular complexity index is 778. The highest BCUT2D eigenvalue weighted by Crippen LogP contribution is 2.07. The van der Waals surface area contributed by atoms with Gasteiger partial charge in [-0.25, -0.2) is 0 Å². The van der Waals surface area contributed by atoms with Crippen LogP contribution in [0, 0.1) is 6.92 Å². The van der Waals surface area contributed by atoms with Gasteiger partial charge in [-0.15, -0.1) is 5.43 Å². The molecule has 1 aromatic heterocycles. The summed E-state index contributed by atoms with van der Waals surface area (Å²) in [5.41, 5.74) is 7.11. The van der Waals surface area contributed by atoms with Gasteiger partial charge in [0.2, 0.25) is 0 Å². The van der Waals surface area contributed by atoms with Crippen LogP contribution in [-0.4, -0.2) is 5.91 Å². The lowest BCUT2D eigenvalue weighted by molar-refractivity contribution is -0.641. The summed E-state index contributed by atoms with van der Waals surface area (Å²) in [5.74, 6) is -0.120. The molecule has 0 atom stereocenters. The fraction of sp³-hybridized carbons (Fsp3) is 0.100. The van der Waals surface area contributed by atoms with Crippen LogP contribution in [0.2, 0.25) is 0 Å². The minimum atomic E-state index is -0.120. The van der Waals surface area contributed by atoms with E-state index in [1.54, 1.807) is 4.68 Å². The van der Waals surface area contributed by atoms with Crippen LogP contribution in [0.5, 0.6) is 0 Å². The van der Waals surface area contributed by atoms with E-state index in [4.69, 9.17) is 0 Å². The summed E-state index contributed by atoms with van der Waals surface area (Å²) in [6.45, 7) is 2.00. The first-order chi connectivity index (χ1) is 11.2. The van der Waals surface area contributed by atoms with Crippen molar-refractivity contribution >= 4 is 5.91 Å². The standard InChI is InChI=1S/C20H18N2O/c1-16-7-9-19(10-8-16)20(23)21-22-13-11-18(12-14-22)15-17-5-3-2-4-6-17/h2-14H,15H2,1H3/p+1. The second kappa shape index (κ2) is 6.88. The van der Waals surface area contributed by atoms with E-state index >= 15 is 0 Å². The zero-order valence-electron chi connectivity index (χ0n) is 13.1. The molecule has 3 rings (SSSR count). The van der Waals surface area contributed by atoms with Gasteiger partial charge in [0.15, 0.2) is 12.4 Å². The van der Waals surface area contributed by atoms with Crippen molar-refractivity contribution in [2.75, 3.05) is 5.43 Å². The van der Waals surface area contributed by atoms with Crippen molar-refractivity contribution in [1.82, 2.24) is 0 Å². The molecule has 0 saturated carbocycles. The summed E-state index contributed by atoms with van der Waals surface area (Å²) >= 11 is 0. The molecule has 23 heavy (non-hydrogen) atoms. The molecule has 2 aromatic carbocycles. The van der Waals surface area contributed by atoms with Crippen molar-refractivity contribution in [2.45, 2.75) is 13.3 Å². The molecule has 1 amide bonds. The molecule has 0 aliphatic heterocycles. The smallest absolute Gasteiger partial charge is 0.264 e. The Kier molecular flexibility index (Phi) is 4.48. The maximum absolute atomic E-state index is 12.2. The molecule has 114 valence electrons. The van der Waals surface area contributed by atoms with Crippen LogP contribution in [0.15, 0.2) is 79.1 Å². The molecule has 0 bridgehead atoms. The molecular formula is C20H19N2O+. The maximum Gasteiger partial charge on any atom is 0.305 e. The number of rotatable bonds is 4. The highest BCUT2D eigenvalue weighted by atomic mass is 16.2. The van der Waals surface area contributed by atoms with Gasteiger partial charge in [0.05, 0.1) is 0 Å². The molecule has 3 nitrogen and oxygen atoms in total. The lowest BCUT2D eigenvalue weighted by Gasteiger charge is -2.03. The van der Waals surface area contributed by atoms with Crippen LogP contribution in [0.1, 0.15) is 27.0 Å². The first kappa shape index (κ1) is 15.0. The maximum atomic E-state index is 12.2. The lowest BCUT2D eigenvalue weighted by atomic mass is 10.1. The van der Waals surface area contributed by atoms with Gasteiger partial charge < -0.3 is 0 Å². The summed E-state index contributed by atoms with van der Waals surface area (Å²) < 4.78 is 1.68. The number of carbonyl (C=O) groups is 1. The highest BCUT2D eigenvalue weighted by molar-refractivity contribution is 5.98. The lowest BCUT2D eigenvalue weighted by Crippen LogP contribution is -2.47. The molecule has 0 aliphatic rings. The molecule has 1 heterocycles. The first-order valence-electron chi connectivity index (χ1n) is 7.63. The van der Waals surface area contributed by atoms with Crippen molar-refractivity contribution in [3.05, 3.63) is 101 Å². The number of nitrogens with zero attached hydrogens (tertiary/aromatic N) is 1. The minimum absolute atomic E-state index is 0.120. The fourth-order valence-corrected chi connectivity index (χ4v) is 2.37. The number of pyridine rings is 1. The topological polar surface area (TPSA) is 33.0 Å². The minimum Gasteiger partial charge on any atom is -0.264 e. The Balaban J connectivity index is 1.65. The van der Waals surface area contributed by atoms with Gasteiger partial charge in [0.1, 0.15) is 0 Å². The number of hydrogen-bond donors (Lipinski definition) is 1. The quantitative estimate of drug-likeness (QED) is 0.737. The summed E-state index contributed by atoms with van der Waals surface area (Å²) in [7, 11) is 0. The molecule has 3 heteroatoms. The van der Waals surface area contributed by atoms with Gasteiger partial charge in [-0.1, -0.05) is 52.7 Å². The van der Waals surface area contributed by atoms with Crippen molar-refractivity contribution in [3.63, 3.8) is 0 Å². The highest BCUT2D eigenvalue weighted by Gasteiger charge is 2.10. The van der Waals surface area contributed by atoms with Gasteiger partial charge in [0.25, 0.3) is 0 Å². The molecular weight excluding hydrogens is 284 g/mol. The van der Waals surface area contributed by atoms with Crippen LogP contribution in [0.3, 0.4) is 0 Å². The average molecular weight is 303 g/mol. The number of amides is 1. The Morgan fingerprint density at radius 3 is 2.13 bits per heavy atom. The third-order valence-corrected chi connectivity index (χ3v) is 3.69. The predicted molar refractivity (Wildman–Crippen MR) is 90.8 cm³/mol. The van der Waals surface area contributed by atoms with Crippen LogP contribution >= 0.6 is 0 Å². The van der Waals surface area contributed by atoms with Crippen LogP contribution in [-0.2, 0) is 6.42 Å². The molecule has 3 aromatic rings. The van der Waals surface area contributed by atoms with Gasteiger partial charge in [-0.05, 0) is 36.6 Å². The zero-order valence-corrected chi connectivity index (χ0v) is 13.1. The van der Waals surface area contributed by atoms with Gasteiger partial charge in [-0.2, -0.15) is 0 Å². The number of nitrogens with one attached hydrogen (secondary N) is 1. The monoisotopic (exact) mass is 303 g/mol. The van der Waals surface area contributed by atoms with Crippen molar-refractivity contribution < 1.29 is 9.47 Å². The van der Waals surface area contributed by atoms with Crippen molar-refractivity contribution in [3.8, 4) is 0 Å². The van der Waals surface area contributed by atoms with E-state index in [2.05, 4.69) is 17.6 Å².